The summed E-state index contributed by atoms with van der Waals surface area (Å²) in [6.45, 7) is 8.12. The molecular weight excluding hydrogens is 228 g/mol. The maximum Gasteiger partial charge on any atom is 0.317 e. The van der Waals surface area contributed by atoms with Gasteiger partial charge in [0, 0.05) is 13.1 Å². The average molecular weight is 254 g/mol. The van der Waals surface area contributed by atoms with Gasteiger partial charge in [-0.2, -0.15) is 0 Å². The maximum absolute atomic E-state index is 10.7. The van der Waals surface area contributed by atoms with E-state index in [1.165, 1.54) is 38.9 Å². The van der Waals surface area contributed by atoms with Crippen LogP contribution < -0.4 is 0 Å². The van der Waals surface area contributed by atoms with E-state index < -0.39 is 5.97 Å². The van der Waals surface area contributed by atoms with Crippen molar-refractivity contribution in [3.05, 3.63) is 0 Å². The van der Waals surface area contributed by atoms with Crippen LogP contribution in [-0.4, -0.2) is 60.1 Å². The van der Waals surface area contributed by atoms with E-state index in [-0.39, 0.29) is 6.54 Å². The number of carbonyl (C=O) groups is 1. The van der Waals surface area contributed by atoms with Gasteiger partial charge in [0.2, 0.25) is 0 Å². The fourth-order valence-electron chi connectivity index (χ4n) is 3.24. The van der Waals surface area contributed by atoms with Crippen molar-refractivity contribution in [3.63, 3.8) is 0 Å². The van der Waals surface area contributed by atoms with Crippen LogP contribution in [0.3, 0.4) is 0 Å². The Hall–Kier alpha value is -0.610. The molecule has 0 aromatic rings. The zero-order valence-electron chi connectivity index (χ0n) is 11.5. The van der Waals surface area contributed by atoms with Crippen molar-refractivity contribution < 1.29 is 9.90 Å². The molecule has 2 aliphatic rings. The molecule has 0 radical (unpaired) electrons. The van der Waals surface area contributed by atoms with E-state index in [4.69, 9.17) is 5.11 Å². The van der Waals surface area contributed by atoms with Crippen molar-refractivity contribution >= 4 is 5.97 Å². The molecule has 0 bridgehead atoms. The van der Waals surface area contributed by atoms with E-state index in [1.54, 1.807) is 0 Å². The molecule has 4 nitrogen and oxygen atoms in total. The van der Waals surface area contributed by atoms with Gasteiger partial charge in [-0.05, 0) is 57.2 Å². The molecule has 18 heavy (non-hydrogen) atoms. The molecular formula is C14H26N2O2. The zero-order chi connectivity index (χ0) is 13.0. The number of rotatable bonds is 4. The lowest BCUT2D eigenvalue weighted by molar-refractivity contribution is -0.138. The monoisotopic (exact) mass is 254 g/mol. The molecule has 1 atom stereocenters. The van der Waals surface area contributed by atoms with Crippen LogP contribution in [0.1, 0.15) is 32.6 Å². The number of likely N-dealkylation sites (tertiary alicyclic amines) is 2. The molecule has 0 aliphatic carbocycles. The van der Waals surface area contributed by atoms with Gasteiger partial charge < -0.3 is 10.0 Å². The minimum absolute atomic E-state index is 0.216. The molecule has 1 N–H and O–H groups in total. The Morgan fingerprint density at radius 2 is 1.89 bits per heavy atom. The summed E-state index contributed by atoms with van der Waals surface area (Å²) in [6, 6.07) is 0. The number of hydrogen-bond donors (Lipinski definition) is 1. The normalized spacial score (nSPS) is 28.4. The van der Waals surface area contributed by atoms with Gasteiger partial charge >= 0.3 is 5.97 Å². The van der Waals surface area contributed by atoms with Crippen LogP contribution in [0.4, 0.5) is 0 Å². The molecule has 0 saturated carbocycles. The number of hydrogen-bond acceptors (Lipinski definition) is 3. The minimum atomic E-state index is -0.692. The summed E-state index contributed by atoms with van der Waals surface area (Å²) in [4.78, 5) is 15.4. The van der Waals surface area contributed by atoms with Gasteiger partial charge in [-0.25, -0.2) is 0 Å². The third kappa shape index (κ3) is 4.25. The molecule has 0 unspecified atom stereocenters. The summed E-state index contributed by atoms with van der Waals surface area (Å²) in [6.07, 6.45) is 5.07. The lowest BCUT2D eigenvalue weighted by Crippen LogP contribution is -2.44. The van der Waals surface area contributed by atoms with E-state index in [0.717, 1.165) is 25.4 Å². The van der Waals surface area contributed by atoms with Gasteiger partial charge in [0.05, 0.1) is 6.54 Å². The Morgan fingerprint density at radius 3 is 2.56 bits per heavy atom. The molecule has 0 amide bonds. The Bertz CT molecular complexity index is 275. The number of piperidine rings is 2. The van der Waals surface area contributed by atoms with E-state index in [1.807, 2.05) is 0 Å². The van der Waals surface area contributed by atoms with Gasteiger partial charge in [0.25, 0.3) is 0 Å². The Kier molecular flexibility index (Phi) is 5.01. The lowest BCUT2D eigenvalue weighted by Gasteiger charge is -2.37. The van der Waals surface area contributed by atoms with E-state index in [9.17, 15) is 4.79 Å². The molecule has 4 heteroatoms. The first-order valence-corrected chi connectivity index (χ1v) is 7.30. The van der Waals surface area contributed by atoms with Gasteiger partial charge in [0.15, 0.2) is 0 Å². The van der Waals surface area contributed by atoms with Crippen LogP contribution in [0.25, 0.3) is 0 Å². The Labute approximate surface area is 110 Å². The van der Waals surface area contributed by atoms with Crippen molar-refractivity contribution in [1.29, 1.82) is 0 Å². The van der Waals surface area contributed by atoms with E-state index >= 15 is 0 Å². The first-order valence-electron chi connectivity index (χ1n) is 7.30. The van der Waals surface area contributed by atoms with Crippen LogP contribution in [-0.2, 0) is 4.79 Å². The van der Waals surface area contributed by atoms with E-state index in [2.05, 4.69) is 16.7 Å². The van der Waals surface area contributed by atoms with E-state index in [0.29, 0.717) is 5.92 Å². The topological polar surface area (TPSA) is 43.8 Å². The zero-order valence-corrected chi connectivity index (χ0v) is 11.5. The largest absolute Gasteiger partial charge is 0.480 e. The molecule has 2 rings (SSSR count). The third-order valence-corrected chi connectivity index (χ3v) is 4.35. The standard InChI is InChI=1S/C14H26N2O2/c1-12-4-7-15(8-5-12)9-13-3-2-6-16(10-13)11-14(17)18/h12-13H,2-11H2,1H3,(H,17,18)/t13-/m1/s1. The smallest absolute Gasteiger partial charge is 0.317 e. The van der Waals surface area contributed by atoms with Crippen molar-refractivity contribution in [2.75, 3.05) is 39.3 Å². The second-order valence-corrected chi connectivity index (χ2v) is 6.12. The molecule has 2 aliphatic heterocycles. The predicted molar refractivity (Wildman–Crippen MR) is 71.6 cm³/mol. The number of carboxylic acids is 1. The van der Waals surface area contributed by atoms with Crippen LogP contribution >= 0.6 is 0 Å². The summed E-state index contributed by atoms with van der Waals surface area (Å²) in [5.74, 6) is 0.866. The molecule has 2 saturated heterocycles. The summed E-state index contributed by atoms with van der Waals surface area (Å²) in [5.41, 5.74) is 0. The molecule has 0 aromatic heterocycles. The summed E-state index contributed by atoms with van der Waals surface area (Å²) < 4.78 is 0. The second kappa shape index (κ2) is 6.53. The van der Waals surface area contributed by atoms with Gasteiger partial charge in [-0.1, -0.05) is 6.92 Å². The van der Waals surface area contributed by atoms with Crippen molar-refractivity contribution in [2.45, 2.75) is 32.6 Å². The average Bonchev–Trinajstić information content (AvgIpc) is 2.32. The Balaban J connectivity index is 1.73. The lowest BCUT2D eigenvalue weighted by atomic mass is 9.94. The van der Waals surface area contributed by atoms with Gasteiger partial charge in [-0.15, -0.1) is 0 Å². The highest BCUT2D eigenvalue weighted by molar-refractivity contribution is 5.69. The summed E-state index contributed by atoms with van der Waals surface area (Å²) >= 11 is 0. The second-order valence-electron chi connectivity index (χ2n) is 6.12. The maximum atomic E-state index is 10.7. The van der Waals surface area contributed by atoms with Gasteiger partial charge in [-0.3, -0.25) is 9.69 Å². The SMILES string of the molecule is CC1CCN(C[C@H]2CCCN(CC(=O)O)C2)CC1. The summed E-state index contributed by atoms with van der Waals surface area (Å²) in [7, 11) is 0. The van der Waals surface area contributed by atoms with Crippen molar-refractivity contribution in [1.82, 2.24) is 9.80 Å². The first kappa shape index (κ1) is 13.8. The Morgan fingerprint density at radius 1 is 1.17 bits per heavy atom. The van der Waals surface area contributed by atoms with Crippen LogP contribution in [0.15, 0.2) is 0 Å². The third-order valence-electron chi connectivity index (χ3n) is 4.35. The molecule has 104 valence electrons. The van der Waals surface area contributed by atoms with Gasteiger partial charge in [0.1, 0.15) is 0 Å². The highest BCUT2D eigenvalue weighted by Gasteiger charge is 2.24. The molecule has 2 heterocycles. The number of nitrogens with zero attached hydrogens (tertiary/aromatic N) is 2. The molecule has 0 spiro atoms. The molecule has 0 aromatic carbocycles. The quantitative estimate of drug-likeness (QED) is 0.826. The first-order chi connectivity index (χ1) is 8.63. The van der Waals surface area contributed by atoms with Crippen LogP contribution in [0, 0.1) is 11.8 Å². The predicted octanol–water partition coefficient (Wildman–Crippen LogP) is 1.51. The summed E-state index contributed by atoms with van der Waals surface area (Å²) in [5, 5.41) is 8.85. The number of carboxylic acid groups (broad SMARTS) is 1. The fraction of sp³-hybridized carbons (Fsp3) is 0.929. The number of aliphatic carboxylic acids is 1. The molecule has 2 fully saturated rings. The fourth-order valence-corrected chi connectivity index (χ4v) is 3.24. The van der Waals surface area contributed by atoms with Crippen molar-refractivity contribution in [2.24, 2.45) is 11.8 Å². The minimum Gasteiger partial charge on any atom is -0.480 e. The van der Waals surface area contributed by atoms with Crippen LogP contribution in [0.5, 0.6) is 0 Å². The van der Waals surface area contributed by atoms with Crippen LogP contribution in [0.2, 0.25) is 0 Å². The highest BCUT2D eigenvalue weighted by Crippen LogP contribution is 2.21. The highest BCUT2D eigenvalue weighted by atomic mass is 16.4. The van der Waals surface area contributed by atoms with Crippen molar-refractivity contribution in [3.8, 4) is 0 Å².